The molecule has 1 aromatic rings. The predicted octanol–water partition coefficient (Wildman–Crippen LogP) is 1.85. The first-order valence-corrected chi connectivity index (χ1v) is 6.41. The Hall–Kier alpha value is -1.06. The largest absolute Gasteiger partial charge is 0.398 e. The number of nitrogens with two attached hydrogens (primary N) is 1. The summed E-state index contributed by atoms with van der Waals surface area (Å²) in [7, 11) is 0. The number of piperazine rings is 1. The van der Waals surface area contributed by atoms with Crippen LogP contribution in [0.3, 0.4) is 0 Å². The zero-order chi connectivity index (χ0) is 12.4. The van der Waals surface area contributed by atoms with Crippen molar-refractivity contribution in [3.8, 4) is 0 Å². The molecule has 0 spiro atoms. The summed E-state index contributed by atoms with van der Waals surface area (Å²) in [6.07, 6.45) is 0. The molecule has 1 unspecified atom stereocenters. The molecule has 1 aromatic carbocycles. The number of hydrogen-bond acceptors (Lipinski definition) is 3. The molecule has 94 valence electrons. The van der Waals surface area contributed by atoms with Gasteiger partial charge < -0.3 is 11.1 Å². The van der Waals surface area contributed by atoms with Crippen molar-refractivity contribution >= 4 is 5.69 Å². The number of nitrogens with zero attached hydrogens (tertiary/aromatic N) is 1. The standard InChI is InChI=1S/C14H23N3/c1-10-8-13(9-14(15)11(10)2)12(3)17-6-4-16-5-7-17/h8-9,12,16H,4-7,15H2,1-3H3. The van der Waals surface area contributed by atoms with Crippen LogP contribution in [0.25, 0.3) is 0 Å². The first-order chi connectivity index (χ1) is 8.09. The summed E-state index contributed by atoms with van der Waals surface area (Å²) in [5.41, 5.74) is 10.8. The number of nitrogen functional groups attached to an aromatic ring is 1. The van der Waals surface area contributed by atoms with E-state index in [1.165, 1.54) is 16.7 Å². The van der Waals surface area contributed by atoms with Crippen molar-refractivity contribution < 1.29 is 0 Å². The second-order valence-corrected chi connectivity index (χ2v) is 5.01. The third kappa shape index (κ3) is 2.61. The highest BCUT2D eigenvalue weighted by atomic mass is 15.2. The van der Waals surface area contributed by atoms with E-state index < -0.39 is 0 Å². The van der Waals surface area contributed by atoms with Crippen molar-refractivity contribution in [1.82, 2.24) is 10.2 Å². The normalized spacial score (nSPS) is 19.2. The Balaban J connectivity index is 2.21. The van der Waals surface area contributed by atoms with Crippen LogP contribution in [0, 0.1) is 13.8 Å². The molecule has 0 saturated carbocycles. The van der Waals surface area contributed by atoms with Gasteiger partial charge in [0.25, 0.3) is 0 Å². The van der Waals surface area contributed by atoms with Crippen molar-refractivity contribution in [1.29, 1.82) is 0 Å². The van der Waals surface area contributed by atoms with Gasteiger partial charge in [0, 0.05) is 37.9 Å². The van der Waals surface area contributed by atoms with Crippen molar-refractivity contribution in [2.24, 2.45) is 0 Å². The second-order valence-electron chi connectivity index (χ2n) is 5.01. The summed E-state index contributed by atoms with van der Waals surface area (Å²) in [6.45, 7) is 10.9. The quantitative estimate of drug-likeness (QED) is 0.766. The maximum Gasteiger partial charge on any atom is 0.0349 e. The van der Waals surface area contributed by atoms with Gasteiger partial charge in [0.05, 0.1) is 0 Å². The molecule has 0 amide bonds. The highest BCUT2D eigenvalue weighted by molar-refractivity contribution is 5.53. The highest BCUT2D eigenvalue weighted by Crippen LogP contribution is 2.26. The Kier molecular flexibility index (Phi) is 3.69. The number of hydrogen-bond donors (Lipinski definition) is 2. The van der Waals surface area contributed by atoms with Gasteiger partial charge in [-0.3, -0.25) is 4.90 Å². The Morgan fingerprint density at radius 1 is 1.24 bits per heavy atom. The molecule has 0 bridgehead atoms. The Morgan fingerprint density at radius 3 is 2.47 bits per heavy atom. The molecule has 1 aliphatic rings. The zero-order valence-corrected chi connectivity index (χ0v) is 11.1. The lowest BCUT2D eigenvalue weighted by atomic mass is 9.99. The van der Waals surface area contributed by atoms with Crippen LogP contribution in [0.5, 0.6) is 0 Å². The van der Waals surface area contributed by atoms with Crippen LogP contribution in [0.1, 0.15) is 29.7 Å². The van der Waals surface area contributed by atoms with E-state index >= 15 is 0 Å². The van der Waals surface area contributed by atoms with Gasteiger partial charge >= 0.3 is 0 Å². The highest BCUT2D eigenvalue weighted by Gasteiger charge is 2.18. The number of anilines is 1. The van der Waals surface area contributed by atoms with E-state index in [4.69, 9.17) is 5.73 Å². The van der Waals surface area contributed by atoms with Gasteiger partial charge in [-0.2, -0.15) is 0 Å². The lowest BCUT2D eigenvalue weighted by Crippen LogP contribution is -2.44. The second kappa shape index (κ2) is 5.07. The summed E-state index contributed by atoms with van der Waals surface area (Å²) < 4.78 is 0. The first kappa shape index (κ1) is 12.4. The minimum atomic E-state index is 0.457. The monoisotopic (exact) mass is 233 g/mol. The Morgan fingerprint density at radius 2 is 1.88 bits per heavy atom. The maximum absolute atomic E-state index is 6.06. The predicted molar refractivity (Wildman–Crippen MR) is 73.2 cm³/mol. The number of aryl methyl sites for hydroxylation is 1. The lowest BCUT2D eigenvalue weighted by molar-refractivity contribution is 0.185. The summed E-state index contributed by atoms with van der Waals surface area (Å²) in [4.78, 5) is 2.51. The molecule has 1 aliphatic heterocycles. The van der Waals surface area contributed by atoms with E-state index in [2.05, 4.69) is 43.1 Å². The first-order valence-electron chi connectivity index (χ1n) is 6.41. The van der Waals surface area contributed by atoms with Gasteiger partial charge in [0.15, 0.2) is 0 Å². The topological polar surface area (TPSA) is 41.3 Å². The molecular weight excluding hydrogens is 210 g/mol. The molecule has 0 radical (unpaired) electrons. The molecule has 17 heavy (non-hydrogen) atoms. The molecule has 3 heteroatoms. The number of nitrogens with one attached hydrogen (secondary N) is 1. The van der Waals surface area contributed by atoms with Crippen molar-refractivity contribution in [3.63, 3.8) is 0 Å². The smallest absolute Gasteiger partial charge is 0.0349 e. The minimum Gasteiger partial charge on any atom is -0.398 e. The van der Waals surface area contributed by atoms with E-state index in [1.54, 1.807) is 0 Å². The fourth-order valence-electron chi connectivity index (χ4n) is 2.44. The van der Waals surface area contributed by atoms with Gasteiger partial charge in [0.1, 0.15) is 0 Å². The third-order valence-electron chi connectivity index (χ3n) is 3.91. The Labute approximate surface area is 104 Å². The van der Waals surface area contributed by atoms with Crippen LogP contribution in [0.15, 0.2) is 12.1 Å². The minimum absolute atomic E-state index is 0.457. The van der Waals surface area contributed by atoms with Crippen LogP contribution >= 0.6 is 0 Å². The van der Waals surface area contributed by atoms with Crippen LogP contribution in [-0.4, -0.2) is 31.1 Å². The van der Waals surface area contributed by atoms with Crippen LogP contribution in [0.2, 0.25) is 0 Å². The van der Waals surface area contributed by atoms with E-state index in [0.29, 0.717) is 6.04 Å². The number of rotatable bonds is 2. The maximum atomic E-state index is 6.06. The van der Waals surface area contributed by atoms with Gasteiger partial charge in [0.2, 0.25) is 0 Å². The van der Waals surface area contributed by atoms with Gasteiger partial charge in [-0.1, -0.05) is 6.07 Å². The fraction of sp³-hybridized carbons (Fsp3) is 0.571. The van der Waals surface area contributed by atoms with Crippen molar-refractivity contribution in [2.45, 2.75) is 26.8 Å². The summed E-state index contributed by atoms with van der Waals surface area (Å²) in [5, 5.41) is 3.39. The average Bonchev–Trinajstić information content (AvgIpc) is 2.35. The van der Waals surface area contributed by atoms with E-state index in [0.717, 1.165) is 31.9 Å². The van der Waals surface area contributed by atoms with Crippen LogP contribution in [0.4, 0.5) is 5.69 Å². The van der Waals surface area contributed by atoms with Gasteiger partial charge in [-0.15, -0.1) is 0 Å². The van der Waals surface area contributed by atoms with E-state index in [9.17, 15) is 0 Å². The van der Waals surface area contributed by atoms with Gasteiger partial charge in [-0.25, -0.2) is 0 Å². The number of benzene rings is 1. The summed E-state index contributed by atoms with van der Waals surface area (Å²) >= 11 is 0. The molecular formula is C14H23N3. The third-order valence-corrected chi connectivity index (χ3v) is 3.91. The van der Waals surface area contributed by atoms with E-state index in [1.807, 2.05) is 0 Å². The lowest BCUT2D eigenvalue weighted by Gasteiger charge is -2.33. The SMILES string of the molecule is Cc1cc(C(C)N2CCNCC2)cc(N)c1C. The fourth-order valence-corrected chi connectivity index (χ4v) is 2.44. The zero-order valence-electron chi connectivity index (χ0n) is 11.1. The van der Waals surface area contributed by atoms with Crippen LogP contribution in [-0.2, 0) is 0 Å². The molecule has 1 heterocycles. The van der Waals surface area contributed by atoms with Crippen LogP contribution < -0.4 is 11.1 Å². The Bertz CT molecular complexity index is 371. The van der Waals surface area contributed by atoms with Crippen molar-refractivity contribution in [2.75, 3.05) is 31.9 Å². The van der Waals surface area contributed by atoms with E-state index in [-0.39, 0.29) is 0 Å². The van der Waals surface area contributed by atoms with Crippen molar-refractivity contribution in [3.05, 3.63) is 28.8 Å². The molecule has 1 atom stereocenters. The molecule has 0 aromatic heterocycles. The molecule has 0 aliphatic carbocycles. The molecule has 3 nitrogen and oxygen atoms in total. The molecule has 3 N–H and O–H groups in total. The summed E-state index contributed by atoms with van der Waals surface area (Å²) in [6, 6.07) is 4.87. The average molecular weight is 233 g/mol. The molecule has 2 rings (SSSR count). The molecule has 1 fully saturated rings. The van der Waals surface area contributed by atoms with Gasteiger partial charge in [-0.05, 0) is 43.5 Å². The molecule has 1 saturated heterocycles. The summed E-state index contributed by atoms with van der Waals surface area (Å²) in [5.74, 6) is 0.